The van der Waals surface area contributed by atoms with Crippen molar-refractivity contribution in [1.29, 1.82) is 0 Å². The number of quaternary nitrogens is 1. The molecule has 156 valence electrons. The van der Waals surface area contributed by atoms with Crippen molar-refractivity contribution in [2.75, 3.05) is 20.8 Å². The second kappa shape index (κ2) is 8.37. The predicted octanol–water partition coefficient (Wildman–Crippen LogP) is 3.46. The summed E-state index contributed by atoms with van der Waals surface area (Å²) in [6, 6.07) is 15.1. The summed E-state index contributed by atoms with van der Waals surface area (Å²) >= 11 is 0. The van der Waals surface area contributed by atoms with Gasteiger partial charge in [-0.25, -0.2) is 0 Å². The Morgan fingerprint density at radius 3 is 2.55 bits per heavy atom. The molecule has 0 amide bonds. The Kier molecular flexibility index (Phi) is 5.84. The molecule has 2 aliphatic rings. The number of rotatable bonds is 5. The molecule has 29 heavy (non-hydrogen) atoms. The van der Waals surface area contributed by atoms with E-state index >= 15 is 0 Å². The number of nitrogens with one attached hydrogen (secondary N) is 1. The quantitative estimate of drug-likeness (QED) is 0.813. The van der Waals surface area contributed by atoms with Crippen LogP contribution in [0.5, 0.6) is 11.5 Å². The fourth-order valence-electron chi connectivity index (χ4n) is 5.54. The minimum absolute atomic E-state index is 0.195. The summed E-state index contributed by atoms with van der Waals surface area (Å²) < 4.78 is 11.3. The van der Waals surface area contributed by atoms with Gasteiger partial charge in [0.05, 0.1) is 31.9 Å². The topological polar surface area (TPSA) is 43.1 Å². The van der Waals surface area contributed by atoms with E-state index in [2.05, 4.69) is 37.3 Å². The number of piperidine rings is 1. The molecule has 1 aliphatic heterocycles. The van der Waals surface area contributed by atoms with Crippen molar-refractivity contribution < 1.29 is 19.5 Å². The number of aryl methyl sites for hydroxylation is 1. The summed E-state index contributed by atoms with van der Waals surface area (Å²) in [4.78, 5) is 1.51. The molecule has 0 spiro atoms. The smallest absolute Gasteiger partial charge is 0.128 e. The average molecular weight is 397 g/mol. The van der Waals surface area contributed by atoms with Crippen LogP contribution in [-0.2, 0) is 6.54 Å². The molecular weight excluding hydrogens is 362 g/mol. The standard InChI is InChI=1S/C25H33NO3/c1-18-7-9-19(10-8-18)17-26-15-14-25(27)13-5-4-6-22(25)24(26)21-16-20(28-2)11-12-23(21)29-3/h7-12,16,22,24,27H,4-6,13-15,17H2,1-3H3/p+1/t22-,24+,25+/m1/s1. The highest BCUT2D eigenvalue weighted by Gasteiger charge is 2.52. The number of aliphatic hydroxyl groups is 1. The Morgan fingerprint density at radius 2 is 1.83 bits per heavy atom. The van der Waals surface area contributed by atoms with Crippen molar-refractivity contribution in [2.45, 2.75) is 57.2 Å². The number of ether oxygens (including phenoxy) is 2. The van der Waals surface area contributed by atoms with Gasteiger partial charge in [0.15, 0.2) is 0 Å². The number of benzene rings is 2. The first-order valence-electron chi connectivity index (χ1n) is 10.9. The Hall–Kier alpha value is -2.04. The van der Waals surface area contributed by atoms with Gasteiger partial charge in [-0.15, -0.1) is 0 Å². The van der Waals surface area contributed by atoms with Gasteiger partial charge in [-0.3, -0.25) is 0 Å². The van der Waals surface area contributed by atoms with Crippen LogP contribution in [0.1, 0.15) is 54.8 Å². The Labute approximate surface area is 174 Å². The van der Waals surface area contributed by atoms with Crippen LogP contribution >= 0.6 is 0 Å². The second-order valence-corrected chi connectivity index (χ2v) is 8.86. The largest absolute Gasteiger partial charge is 0.497 e. The average Bonchev–Trinajstić information content (AvgIpc) is 2.74. The van der Waals surface area contributed by atoms with Crippen LogP contribution in [0.3, 0.4) is 0 Å². The van der Waals surface area contributed by atoms with Gasteiger partial charge in [0.25, 0.3) is 0 Å². The number of fused-ring (bicyclic) bond motifs is 1. The fourth-order valence-corrected chi connectivity index (χ4v) is 5.54. The van der Waals surface area contributed by atoms with Crippen molar-refractivity contribution in [3.8, 4) is 11.5 Å². The van der Waals surface area contributed by atoms with Crippen LogP contribution in [-0.4, -0.2) is 31.5 Å². The van der Waals surface area contributed by atoms with E-state index in [1.54, 1.807) is 14.2 Å². The van der Waals surface area contributed by atoms with Crippen molar-refractivity contribution in [3.05, 3.63) is 59.2 Å². The van der Waals surface area contributed by atoms with Gasteiger partial charge in [-0.05, 0) is 38.0 Å². The molecule has 2 fully saturated rings. The summed E-state index contributed by atoms with van der Waals surface area (Å²) in [5, 5.41) is 11.5. The van der Waals surface area contributed by atoms with Crippen molar-refractivity contribution >= 4 is 0 Å². The summed E-state index contributed by atoms with van der Waals surface area (Å²) in [6.45, 7) is 4.05. The summed E-state index contributed by atoms with van der Waals surface area (Å²) in [6.07, 6.45) is 5.18. The summed E-state index contributed by atoms with van der Waals surface area (Å²) in [5.41, 5.74) is 3.24. The highest BCUT2D eigenvalue weighted by Crippen LogP contribution is 2.46. The van der Waals surface area contributed by atoms with E-state index in [1.165, 1.54) is 28.0 Å². The third-order valence-electron chi connectivity index (χ3n) is 7.11. The van der Waals surface area contributed by atoms with Gasteiger partial charge in [-0.1, -0.05) is 42.7 Å². The zero-order valence-electron chi connectivity index (χ0n) is 17.9. The molecular formula is C25H34NO3+. The molecule has 2 aromatic carbocycles. The second-order valence-electron chi connectivity index (χ2n) is 8.86. The van der Waals surface area contributed by atoms with Gasteiger partial charge in [0.2, 0.25) is 0 Å². The van der Waals surface area contributed by atoms with Crippen LogP contribution in [0.15, 0.2) is 42.5 Å². The van der Waals surface area contributed by atoms with Crippen LogP contribution < -0.4 is 14.4 Å². The van der Waals surface area contributed by atoms with Crippen LogP contribution in [0.4, 0.5) is 0 Å². The molecule has 1 unspecified atom stereocenters. The van der Waals surface area contributed by atoms with E-state index in [4.69, 9.17) is 9.47 Å². The first-order valence-corrected chi connectivity index (χ1v) is 10.9. The Balaban J connectivity index is 1.75. The van der Waals surface area contributed by atoms with Crippen molar-refractivity contribution in [1.82, 2.24) is 0 Å². The Bertz CT molecular complexity index is 834. The van der Waals surface area contributed by atoms with E-state index in [1.807, 2.05) is 12.1 Å². The highest BCUT2D eigenvalue weighted by atomic mass is 16.5. The maximum absolute atomic E-state index is 11.5. The number of hydrogen-bond donors (Lipinski definition) is 2. The van der Waals surface area contributed by atoms with Crippen molar-refractivity contribution in [3.63, 3.8) is 0 Å². The third-order valence-corrected chi connectivity index (χ3v) is 7.11. The molecule has 4 atom stereocenters. The number of methoxy groups -OCH3 is 2. The SMILES string of the molecule is COc1ccc(OC)c([C@H]2[C@H]3CCCC[C@]3(O)CC[NH+]2Cc2ccc(C)cc2)c1. The van der Waals surface area contributed by atoms with Crippen LogP contribution in [0.2, 0.25) is 0 Å². The minimum Gasteiger partial charge on any atom is -0.497 e. The maximum Gasteiger partial charge on any atom is 0.128 e. The van der Waals surface area contributed by atoms with E-state index in [-0.39, 0.29) is 12.0 Å². The lowest BCUT2D eigenvalue weighted by molar-refractivity contribution is -0.958. The van der Waals surface area contributed by atoms with Gasteiger partial charge in [-0.2, -0.15) is 0 Å². The van der Waals surface area contributed by atoms with Crippen molar-refractivity contribution in [2.24, 2.45) is 5.92 Å². The normalized spacial score (nSPS) is 29.2. The molecule has 1 saturated carbocycles. The molecule has 0 aromatic heterocycles. The molecule has 1 aliphatic carbocycles. The lowest BCUT2D eigenvalue weighted by atomic mass is 9.66. The Morgan fingerprint density at radius 1 is 1.03 bits per heavy atom. The van der Waals surface area contributed by atoms with Gasteiger partial charge >= 0.3 is 0 Å². The van der Waals surface area contributed by atoms with Crippen LogP contribution in [0.25, 0.3) is 0 Å². The molecule has 4 heteroatoms. The van der Waals surface area contributed by atoms with E-state index in [0.29, 0.717) is 0 Å². The van der Waals surface area contributed by atoms with E-state index in [0.717, 1.165) is 50.3 Å². The van der Waals surface area contributed by atoms with Crippen LogP contribution in [0, 0.1) is 12.8 Å². The molecule has 0 radical (unpaired) electrons. The third kappa shape index (κ3) is 4.01. The van der Waals surface area contributed by atoms with E-state index < -0.39 is 5.60 Å². The van der Waals surface area contributed by atoms with Gasteiger partial charge in [0.1, 0.15) is 24.1 Å². The molecule has 4 nitrogen and oxygen atoms in total. The summed E-state index contributed by atoms with van der Waals surface area (Å²) in [5.74, 6) is 1.99. The lowest BCUT2D eigenvalue weighted by Crippen LogP contribution is -3.13. The minimum atomic E-state index is -0.562. The van der Waals surface area contributed by atoms with Gasteiger partial charge in [0, 0.05) is 17.9 Å². The molecule has 2 aromatic rings. The lowest BCUT2D eigenvalue weighted by Gasteiger charge is -2.50. The summed E-state index contributed by atoms with van der Waals surface area (Å²) in [7, 11) is 3.45. The number of likely N-dealkylation sites (tertiary alicyclic amines) is 1. The maximum atomic E-state index is 11.5. The molecule has 4 rings (SSSR count). The first-order chi connectivity index (χ1) is 14.0. The van der Waals surface area contributed by atoms with E-state index in [9.17, 15) is 5.11 Å². The zero-order valence-corrected chi connectivity index (χ0v) is 17.9. The number of hydrogen-bond acceptors (Lipinski definition) is 3. The first kappa shape index (κ1) is 20.2. The monoisotopic (exact) mass is 396 g/mol. The van der Waals surface area contributed by atoms with Gasteiger partial charge < -0.3 is 19.5 Å². The molecule has 0 bridgehead atoms. The molecule has 2 N–H and O–H groups in total. The molecule has 1 saturated heterocycles. The molecule has 1 heterocycles. The highest BCUT2D eigenvalue weighted by molar-refractivity contribution is 5.42. The fraction of sp³-hybridized carbons (Fsp3) is 0.520. The zero-order chi connectivity index (χ0) is 20.4. The predicted molar refractivity (Wildman–Crippen MR) is 115 cm³/mol.